The van der Waals surface area contributed by atoms with Crippen molar-refractivity contribution < 1.29 is 14.3 Å². The van der Waals surface area contributed by atoms with Gasteiger partial charge >= 0.3 is 0 Å². The first-order chi connectivity index (χ1) is 15.1. The fraction of sp³-hybridized carbons (Fsp3) is 0.364. The molecule has 1 aromatic carbocycles. The van der Waals surface area contributed by atoms with Crippen molar-refractivity contribution >= 4 is 17.4 Å². The standard InChI is InChI=1S/C22H26N6O3/c1-15-5-4-8-27(11-15)20-10-21(24-13-23-20)28-12-17(25-14-28)22(29)26-16-6-7-18(30-2)19(9-16)31-3/h6-7,9-10,12-15H,4-5,8,11H2,1-3H3,(H,26,29)/t15-/m0/s1. The highest BCUT2D eigenvalue weighted by atomic mass is 16.5. The van der Waals surface area contributed by atoms with Gasteiger partial charge in [0.15, 0.2) is 11.5 Å². The Kier molecular flexibility index (Phi) is 6.01. The number of ether oxygens (including phenoxy) is 2. The molecule has 31 heavy (non-hydrogen) atoms. The molecule has 1 atom stereocenters. The number of nitrogens with one attached hydrogen (secondary N) is 1. The minimum Gasteiger partial charge on any atom is -0.493 e. The van der Waals surface area contributed by atoms with Crippen LogP contribution in [-0.2, 0) is 0 Å². The lowest BCUT2D eigenvalue weighted by molar-refractivity contribution is 0.102. The summed E-state index contributed by atoms with van der Waals surface area (Å²) in [5, 5.41) is 2.83. The zero-order valence-corrected chi connectivity index (χ0v) is 17.9. The zero-order valence-electron chi connectivity index (χ0n) is 17.9. The summed E-state index contributed by atoms with van der Waals surface area (Å²) < 4.78 is 12.2. The zero-order chi connectivity index (χ0) is 21.8. The lowest BCUT2D eigenvalue weighted by atomic mass is 10.0. The molecule has 1 amide bonds. The molecule has 1 aliphatic heterocycles. The number of anilines is 2. The molecule has 1 N–H and O–H groups in total. The Morgan fingerprint density at radius 1 is 1.10 bits per heavy atom. The lowest BCUT2D eigenvalue weighted by Gasteiger charge is -2.31. The van der Waals surface area contributed by atoms with Gasteiger partial charge in [-0.2, -0.15) is 0 Å². The summed E-state index contributed by atoms with van der Waals surface area (Å²) in [6.45, 7) is 4.23. The maximum atomic E-state index is 12.7. The van der Waals surface area contributed by atoms with Crippen LogP contribution in [0, 0.1) is 5.92 Å². The van der Waals surface area contributed by atoms with Gasteiger partial charge in [-0.15, -0.1) is 0 Å². The number of hydrogen-bond acceptors (Lipinski definition) is 7. The van der Waals surface area contributed by atoms with Gasteiger partial charge in [-0.3, -0.25) is 9.36 Å². The number of aromatic nitrogens is 4. The summed E-state index contributed by atoms with van der Waals surface area (Å²) in [7, 11) is 3.11. The molecule has 0 saturated carbocycles. The molecular formula is C22H26N6O3. The number of benzene rings is 1. The van der Waals surface area contributed by atoms with Gasteiger partial charge in [-0.1, -0.05) is 6.92 Å². The second-order valence-electron chi connectivity index (χ2n) is 7.62. The lowest BCUT2D eigenvalue weighted by Crippen LogP contribution is -2.34. The average Bonchev–Trinajstić information content (AvgIpc) is 3.30. The molecule has 3 heterocycles. The number of carbonyl (C=O) groups excluding carboxylic acids is 1. The van der Waals surface area contributed by atoms with Crippen LogP contribution < -0.4 is 19.7 Å². The molecule has 0 radical (unpaired) electrons. The van der Waals surface area contributed by atoms with Crippen LogP contribution >= 0.6 is 0 Å². The van der Waals surface area contributed by atoms with E-state index in [4.69, 9.17) is 9.47 Å². The Hall–Kier alpha value is -3.62. The van der Waals surface area contributed by atoms with Crippen molar-refractivity contribution in [1.82, 2.24) is 19.5 Å². The van der Waals surface area contributed by atoms with Crippen molar-refractivity contribution in [3.63, 3.8) is 0 Å². The van der Waals surface area contributed by atoms with E-state index < -0.39 is 0 Å². The number of imidazole rings is 1. The van der Waals surface area contributed by atoms with Gasteiger partial charge in [0.05, 0.1) is 14.2 Å². The highest BCUT2D eigenvalue weighted by molar-refractivity contribution is 6.02. The Morgan fingerprint density at radius 2 is 1.90 bits per heavy atom. The number of methoxy groups -OCH3 is 2. The monoisotopic (exact) mass is 422 g/mol. The first-order valence-corrected chi connectivity index (χ1v) is 10.2. The molecule has 0 spiro atoms. The van der Waals surface area contributed by atoms with E-state index in [1.165, 1.54) is 6.42 Å². The van der Waals surface area contributed by atoms with Crippen LogP contribution in [0.2, 0.25) is 0 Å². The van der Waals surface area contributed by atoms with Gasteiger partial charge in [-0.05, 0) is 30.9 Å². The van der Waals surface area contributed by atoms with Crippen LogP contribution in [0.1, 0.15) is 30.3 Å². The summed E-state index contributed by atoms with van der Waals surface area (Å²) in [6.07, 6.45) is 7.18. The largest absolute Gasteiger partial charge is 0.493 e. The van der Waals surface area contributed by atoms with Crippen molar-refractivity contribution in [3.8, 4) is 17.3 Å². The van der Waals surface area contributed by atoms with Gasteiger partial charge in [0.25, 0.3) is 5.91 Å². The quantitative estimate of drug-likeness (QED) is 0.652. The third-order valence-corrected chi connectivity index (χ3v) is 5.34. The number of hydrogen-bond donors (Lipinski definition) is 1. The van der Waals surface area contributed by atoms with Gasteiger partial charge < -0.3 is 19.7 Å². The Morgan fingerprint density at radius 3 is 2.68 bits per heavy atom. The molecule has 0 aliphatic carbocycles. The predicted octanol–water partition coefficient (Wildman–Crippen LogP) is 3.17. The van der Waals surface area contributed by atoms with Gasteiger partial charge in [0.2, 0.25) is 0 Å². The second-order valence-corrected chi connectivity index (χ2v) is 7.62. The molecule has 9 heteroatoms. The summed E-state index contributed by atoms with van der Waals surface area (Å²) in [4.78, 5) is 28.0. The molecule has 3 aromatic rings. The van der Waals surface area contributed by atoms with E-state index in [1.54, 1.807) is 55.8 Å². The molecule has 4 rings (SSSR count). The molecule has 162 valence electrons. The third kappa shape index (κ3) is 4.60. The maximum Gasteiger partial charge on any atom is 0.275 e. The van der Waals surface area contributed by atoms with E-state index >= 15 is 0 Å². The highest BCUT2D eigenvalue weighted by Crippen LogP contribution is 2.30. The Labute approximate surface area is 181 Å². The number of nitrogens with zero attached hydrogens (tertiary/aromatic N) is 5. The van der Waals surface area contributed by atoms with Crippen molar-refractivity contribution in [2.45, 2.75) is 19.8 Å². The minimum absolute atomic E-state index is 0.279. The third-order valence-electron chi connectivity index (χ3n) is 5.34. The Balaban J connectivity index is 1.49. The van der Waals surface area contributed by atoms with Gasteiger partial charge in [-0.25, -0.2) is 15.0 Å². The van der Waals surface area contributed by atoms with E-state index in [0.29, 0.717) is 28.9 Å². The van der Waals surface area contributed by atoms with Crippen molar-refractivity contribution in [3.05, 3.63) is 48.8 Å². The SMILES string of the molecule is COc1ccc(NC(=O)c2cn(-c3cc(N4CCC[C@H](C)C4)ncn3)cn2)cc1OC. The first kappa shape index (κ1) is 20.6. The number of piperidine rings is 1. The van der Waals surface area contributed by atoms with Gasteiger partial charge in [0.1, 0.15) is 30.0 Å². The topological polar surface area (TPSA) is 94.4 Å². The van der Waals surface area contributed by atoms with E-state index in [1.807, 2.05) is 6.07 Å². The maximum absolute atomic E-state index is 12.7. The molecule has 0 bridgehead atoms. The average molecular weight is 422 g/mol. The summed E-state index contributed by atoms with van der Waals surface area (Å²) in [5.41, 5.74) is 0.863. The number of carbonyl (C=O) groups is 1. The fourth-order valence-electron chi connectivity index (χ4n) is 3.72. The molecule has 1 fully saturated rings. The normalized spacial score (nSPS) is 16.1. The van der Waals surface area contributed by atoms with Crippen LogP contribution in [-0.4, -0.2) is 52.7 Å². The summed E-state index contributed by atoms with van der Waals surface area (Å²) in [5.74, 6) is 3.00. The van der Waals surface area contributed by atoms with E-state index in [0.717, 1.165) is 25.3 Å². The summed E-state index contributed by atoms with van der Waals surface area (Å²) in [6, 6.07) is 7.10. The van der Waals surface area contributed by atoms with E-state index in [-0.39, 0.29) is 11.6 Å². The van der Waals surface area contributed by atoms with Crippen molar-refractivity contribution in [2.24, 2.45) is 5.92 Å². The number of amides is 1. The molecule has 9 nitrogen and oxygen atoms in total. The van der Waals surface area contributed by atoms with E-state index in [9.17, 15) is 4.79 Å². The molecule has 1 aliphatic rings. The van der Waals surface area contributed by atoms with Crippen molar-refractivity contribution in [2.75, 3.05) is 37.5 Å². The van der Waals surface area contributed by atoms with Crippen LogP contribution in [0.3, 0.4) is 0 Å². The Bertz CT molecular complexity index is 1070. The predicted molar refractivity (Wildman–Crippen MR) is 117 cm³/mol. The van der Waals surface area contributed by atoms with Crippen LogP contribution in [0.4, 0.5) is 11.5 Å². The molecule has 2 aromatic heterocycles. The van der Waals surface area contributed by atoms with Crippen LogP contribution in [0.15, 0.2) is 43.1 Å². The fourth-order valence-corrected chi connectivity index (χ4v) is 3.72. The summed E-state index contributed by atoms with van der Waals surface area (Å²) >= 11 is 0. The molecule has 0 unspecified atom stereocenters. The molecule has 1 saturated heterocycles. The first-order valence-electron chi connectivity index (χ1n) is 10.2. The minimum atomic E-state index is -0.329. The number of rotatable bonds is 6. The van der Waals surface area contributed by atoms with Crippen LogP contribution in [0.5, 0.6) is 11.5 Å². The second kappa shape index (κ2) is 9.03. The van der Waals surface area contributed by atoms with Crippen LogP contribution in [0.25, 0.3) is 5.82 Å². The van der Waals surface area contributed by atoms with Gasteiger partial charge in [0, 0.05) is 37.1 Å². The molecular weight excluding hydrogens is 396 g/mol. The van der Waals surface area contributed by atoms with Crippen molar-refractivity contribution in [1.29, 1.82) is 0 Å². The van der Waals surface area contributed by atoms with E-state index in [2.05, 4.69) is 32.1 Å². The highest BCUT2D eigenvalue weighted by Gasteiger charge is 2.19. The smallest absolute Gasteiger partial charge is 0.275 e.